The van der Waals surface area contributed by atoms with Crippen LogP contribution in [0.25, 0.3) is 10.9 Å². The monoisotopic (exact) mass is 342 g/mol. The maximum Gasteiger partial charge on any atom is 0.273 e. The van der Waals surface area contributed by atoms with Crippen LogP contribution in [0.3, 0.4) is 0 Å². The van der Waals surface area contributed by atoms with E-state index in [2.05, 4.69) is 15.1 Å². The van der Waals surface area contributed by atoms with E-state index in [1.54, 1.807) is 24.0 Å². The number of hydrogen-bond acceptors (Lipinski definition) is 5. The second kappa shape index (κ2) is 5.87. The van der Waals surface area contributed by atoms with Crippen molar-refractivity contribution in [2.45, 2.75) is 25.8 Å². The maximum atomic E-state index is 12.9. The van der Waals surface area contributed by atoms with Gasteiger partial charge in [-0.3, -0.25) is 4.79 Å². The number of hydrogen-bond donors (Lipinski definition) is 0. The molecule has 4 rings (SSSR count). The highest BCUT2D eigenvalue weighted by atomic mass is 35.5. The number of nitrogens with zero attached hydrogens (tertiary/aromatic N) is 4. The lowest BCUT2D eigenvalue weighted by Crippen LogP contribution is -2.31. The lowest BCUT2D eigenvalue weighted by molar-refractivity contribution is 0.0704. The van der Waals surface area contributed by atoms with Crippen molar-refractivity contribution in [2.75, 3.05) is 6.54 Å². The van der Waals surface area contributed by atoms with Gasteiger partial charge < -0.3 is 9.42 Å². The highest BCUT2D eigenvalue weighted by Gasteiger charge is 2.34. The molecular formula is C17H15ClN4O2. The molecule has 24 heavy (non-hydrogen) atoms. The second-order valence-electron chi connectivity index (χ2n) is 5.84. The molecule has 1 aliphatic rings. The van der Waals surface area contributed by atoms with Crippen LogP contribution in [0.1, 0.15) is 41.1 Å². The Morgan fingerprint density at radius 2 is 2.17 bits per heavy atom. The quantitative estimate of drug-likeness (QED) is 0.712. The number of para-hydroxylation sites is 1. The fourth-order valence-corrected chi connectivity index (χ4v) is 3.32. The minimum absolute atomic E-state index is 0.143. The van der Waals surface area contributed by atoms with Gasteiger partial charge in [0, 0.05) is 11.9 Å². The van der Waals surface area contributed by atoms with Gasteiger partial charge in [0.15, 0.2) is 5.82 Å². The third-order valence-electron chi connectivity index (χ3n) is 4.23. The molecule has 0 saturated carbocycles. The predicted molar refractivity (Wildman–Crippen MR) is 88.8 cm³/mol. The van der Waals surface area contributed by atoms with E-state index in [9.17, 15) is 4.79 Å². The summed E-state index contributed by atoms with van der Waals surface area (Å²) >= 11 is 6.20. The molecule has 1 fully saturated rings. The Labute approximate surface area is 143 Å². The van der Waals surface area contributed by atoms with Crippen LogP contribution in [0.5, 0.6) is 0 Å². The van der Waals surface area contributed by atoms with Crippen LogP contribution in [-0.2, 0) is 0 Å². The van der Waals surface area contributed by atoms with Gasteiger partial charge >= 0.3 is 0 Å². The van der Waals surface area contributed by atoms with E-state index in [4.69, 9.17) is 16.1 Å². The largest absolute Gasteiger partial charge is 0.337 e. The van der Waals surface area contributed by atoms with Crippen molar-refractivity contribution in [2.24, 2.45) is 0 Å². The van der Waals surface area contributed by atoms with Crippen molar-refractivity contribution in [3.8, 4) is 0 Å². The summed E-state index contributed by atoms with van der Waals surface area (Å²) in [5, 5.41) is 5.26. The van der Waals surface area contributed by atoms with E-state index in [1.165, 1.54) is 0 Å². The molecule has 1 amide bonds. The van der Waals surface area contributed by atoms with Crippen LogP contribution in [0.15, 0.2) is 34.9 Å². The van der Waals surface area contributed by atoms with Gasteiger partial charge in [-0.15, -0.1) is 0 Å². The second-order valence-corrected chi connectivity index (χ2v) is 6.25. The maximum absolute atomic E-state index is 12.9. The summed E-state index contributed by atoms with van der Waals surface area (Å²) in [4.78, 5) is 23.4. The summed E-state index contributed by atoms with van der Waals surface area (Å²) in [5.74, 6) is 0.909. The number of rotatable bonds is 2. The number of halogens is 1. The molecule has 3 aromatic rings. The van der Waals surface area contributed by atoms with E-state index < -0.39 is 0 Å². The number of carbonyl (C=O) groups is 1. The van der Waals surface area contributed by atoms with Gasteiger partial charge in [0.1, 0.15) is 11.7 Å². The molecule has 7 heteroatoms. The molecule has 0 radical (unpaired) electrons. The zero-order valence-corrected chi connectivity index (χ0v) is 13.8. The standard InChI is InChI=1S/C17H15ClN4O2/c1-10-19-16(24-21-10)14-6-3-9-22(14)17(23)13-8-7-11-4-2-5-12(18)15(11)20-13/h2,4-5,7-8,14H,3,6,9H2,1H3. The molecule has 1 atom stereocenters. The topological polar surface area (TPSA) is 72.1 Å². The number of amides is 1. The van der Waals surface area contributed by atoms with Crippen LogP contribution in [-0.4, -0.2) is 32.5 Å². The molecule has 0 bridgehead atoms. The molecule has 6 nitrogen and oxygen atoms in total. The van der Waals surface area contributed by atoms with E-state index >= 15 is 0 Å². The van der Waals surface area contributed by atoms with Gasteiger partial charge in [-0.1, -0.05) is 35.0 Å². The molecule has 0 aliphatic carbocycles. The number of benzene rings is 1. The summed E-state index contributed by atoms with van der Waals surface area (Å²) in [6, 6.07) is 8.96. The Morgan fingerprint density at radius 1 is 1.29 bits per heavy atom. The minimum atomic E-state index is -0.192. The van der Waals surface area contributed by atoms with Crippen molar-refractivity contribution >= 4 is 28.4 Å². The SMILES string of the molecule is Cc1noc(C2CCCN2C(=O)c2ccc3cccc(Cl)c3n2)n1. The van der Waals surface area contributed by atoms with Crippen LogP contribution >= 0.6 is 11.6 Å². The highest BCUT2D eigenvalue weighted by molar-refractivity contribution is 6.35. The first-order valence-corrected chi connectivity index (χ1v) is 8.18. The van der Waals surface area contributed by atoms with Crippen LogP contribution in [0.2, 0.25) is 5.02 Å². The predicted octanol–water partition coefficient (Wildman–Crippen LogP) is 3.56. The van der Waals surface area contributed by atoms with E-state index in [0.29, 0.717) is 34.5 Å². The van der Waals surface area contributed by atoms with E-state index in [0.717, 1.165) is 18.2 Å². The highest BCUT2D eigenvalue weighted by Crippen LogP contribution is 2.32. The lowest BCUT2D eigenvalue weighted by Gasteiger charge is -2.21. The zero-order chi connectivity index (χ0) is 16.7. The number of carbonyl (C=O) groups excluding carboxylic acids is 1. The Balaban J connectivity index is 1.68. The summed E-state index contributed by atoms with van der Waals surface area (Å²) in [7, 11) is 0. The van der Waals surface area contributed by atoms with Crippen molar-refractivity contribution in [3.05, 3.63) is 52.8 Å². The lowest BCUT2D eigenvalue weighted by atomic mass is 10.2. The van der Waals surface area contributed by atoms with Crippen molar-refractivity contribution in [3.63, 3.8) is 0 Å². The molecular weight excluding hydrogens is 328 g/mol. The first-order valence-electron chi connectivity index (χ1n) is 7.80. The summed E-state index contributed by atoms with van der Waals surface area (Å²) in [5.41, 5.74) is 1.01. The Morgan fingerprint density at radius 3 is 2.96 bits per heavy atom. The van der Waals surface area contributed by atoms with Crippen LogP contribution in [0, 0.1) is 6.92 Å². The summed E-state index contributed by atoms with van der Waals surface area (Å²) < 4.78 is 5.26. The average Bonchev–Trinajstić information content (AvgIpc) is 3.23. The zero-order valence-electron chi connectivity index (χ0n) is 13.1. The smallest absolute Gasteiger partial charge is 0.273 e. The number of aromatic nitrogens is 3. The molecule has 1 unspecified atom stereocenters. The molecule has 1 saturated heterocycles. The summed E-state index contributed by atoms with van der Waals surface area (Å²) in [6.45, 7) is 2.41. The minimum Gasteiger partial charge on any atom is -0.337 e. The van der Waals surface area contributed by atoms with Gasteiger partial charge in [0.05, 0.1) is 10.5 Å². The number of pyridine rings is 1. The molecule has 3 heterocycles. The van der Waals surface area contributed by atoms with Crippen molar-refractivity contribution in [1.29, 1.82) is 0 Å². The number of aryl methyl sites for hydroxylation is 1. The normalized spacial score (nSPS) is 17.6. The number of likely N-dealkylation sites (tertiary alicyclic amines) is 1. The molecule has 0 N–H and O–H groups in total. The molecule has 0 spiro atoms. The van der Waals surface area contributed by atoms with E-state index in [-0.39, 0.29) is 11.9 Å². The average molecular weight is 343 g/mol. The van der Waals surface area contributed by atoms with Gasteiger partial charge in [0.25, 0.3) is 5.91 Å². The molecule has 122 valence electrons. The Kier molecular flexibility index (Phi) is 3.69. The molecule has 2 aromatic heterocycles. The Hall–Kier alpha value is -2.47. The van der Waals surface area contributed by atoms with Crippen LogP contribution in [0.4, 0.5) is 0 Å². The first kappa shape index (κ1) is 15.1. The number of fused-ring (bicyclic) bond motifs is 1. The van der Waals surface area contributed by atoms with Crippen LogP contribution < -0.4 is 0 Å². The van der Waals surface area contributed by atoms with Gasteiger partial charge in [0.2, 0.25) is 5.89 Å². The van der Waals surface area contributed by atoms with Gasteiger partial charge in [-0.05, 0) is 31.9 Å². The first-order chi connectivity index (χ1) is 11.6. The van der Waals surface area contributed by atoms with Gasteiger partial charge in [-0.2, -0.15) is 4.98 Å². The van der Waals surface area contributed by atoms with Crippen molar-refractivity contribution in [1.82, 2.24) is 20.0 Å². The Bertz CT molecular complexity index is 924. The third kappa shape index (κ3) is 2.53. The van der Waals surface area contributed by atoms with E-state index in [1.807, 2.05) is 18.2 Å². The van der Waals surface area contributed by atoms with Crippen molar-refractivity contribution < 1.29 is 9.32 Å². The molecule has 1 aliphatic heterocycles. The third-order valence-corrected chi connectivity index (χ3v) is 4.54. The molecule has 1 aromatic carbocycles. The van der Waals surface area contributed by atoms with Gasteiger partial charge in [-0.25, -0.2) is 4.98 Å². The fourth-order valence-electron chi connectivity index (χ4n) is 3.09. The fraction of sp³-hybridized carbons (Fsp3) is 0.294. The summed E-state index contributed by atoms with van der Waals surface area (Å²) in [6.07, 6.45) is 1.70.